The third-order valence-corrected chi connectivity index (χ3v) is 4.37. The molecular weight excluding hydrogens is 382 g/mol. The van der Waals surface area contributed by atoms with Gasteiger partial charge in [0.1, 0.15) is 12.4 Å². The zero-order valence-corrected chi connectivity index (χ0v) is 15.8. The number of carbonyl (C=O) groups is 1. The molecule has 130 valence electrons. The second-order valence-corrected chi connectivity index (χ2v) is 6.84. The molecule has 1 N–H and O–H groups in total. The van der Waals surface area contributed by atoms with Crippen LogP contribution in [0.25, 0.3) is 0 Å². The molecule has 1 unspecified atom stereocenters. The minimum absolute atomic E-state index is 0.0275. The zero-order valence-electron chi connectivity index (χ0n) is 14.2. The summed E-state index contributed by atoms with van der Waals surface area (Å²) in [4.78, 5) is 12.5. The van der Waals surface area contributed by atoms with Crippen LogP contribution in [0.2, 0.25) is 0 Å². The van der Waals surface area contributed by atoms with E-state index in [1.807, 2.05) is 13.1 Å². The fourth-order valence-electron chi connectivity index (χ4n) is 2.58. The minimum atomic E-state index is -0.173. The van der Waals surface area contributed by atoms with E-state index in [1.165, 1.54) is 5.56 Å². The van der Waals surface area contributed by atoms with Crippen molar-refractivity contribution in [3.8, 4) is 0 Å². The molecule has 2 heterocycles. The number of nitrogens with zero attached hydrogens (tertiary/aromatic N) is 4. The quantitative estimate of drug-likeness (QED) is 0.686. The predicted molar refractivity (Wildman–Crippen MR) is 99.2 cm³/mol. The number of carbonyl (C=O) groups excluding carboxylic acids is 1. The number of nitrogens with one attached hydrogen (secondary N) is 1. The Labute approximate surface area is 155 Å². The Hall–Kier alpha value is -2.41. The van der Waals surface area contributed by atoms with Gasteiger partial charge in [-0.2, -0.15) is 10.2 Å². The molecule has 3 rings (SSSR count). The lowest BCUT2D eigenvalue weighted by molar-refractivity contribution is 0.0929. The Morgan fingerprint density at radius 1 is 1.24 bits per heavy atom. The van der Waals surface area contributed by atoms with Crippen LogP contribution in [0, 0.1) is 6.92 Å². The van der Waals surface area contributed by atoms with Crippen molar-refractivity contribution in [2.45, 2.75) is 33.0 Å². The Morgan fingerprint density at radius 3 is 2.64 bits per heavy atom. The molecule has 0 saturated carbocycles. The molecule has 0 aliphatic rings. The van der Waals surface area contributed by atoms with Gasteiger partial charge in [-0.15, -0.1) is 0 Å². The monoisotopic (exact) mass is 401 g/mol. The molecule has 2 aromatic heterocycles. The van der Waals surface area contributed by atoms with Crippen LogP contribution in [0.1, 0.15) is 41.0 Å². The second-order valence-electron chi connectivity index (χ2n) is 5.92. The maximum atomic E-state index is 12.5. The summed E-state index contributed by atoms with van der Waals surface area (Å²) < 4.78 is 4.32. The van der Waals surface area contributed by atoms with Crippen molar-refractivity contribution in [1.82, 2.24) is 24.9 Å². The minimum Gasteiger partial charge on any atom is -0.344 e. The first-order valence-electron chi connectivity index (χ1n) is 8.14. The fraction of sp³-hybridized carbons (Fsp3) is 0.278. The number of hydrogen-bond acceptors (Lipinski definition) is 3. The van der Waals surface area contributed by atoms with E-state index in [9.17, 15) is 4.79 Å². The van der Waals surface area contributed by atoms with Crippen molar-refractivity contribution >= 4 is 21.8 Å². The Balaban J connectivity index is 1.67. The standard InChI is InChI=1S/C18H20BrN5O/c1-3-16(14-6-4-13(2)5-7-14)21-18(25)17-8-9-23(22-17)12-24-11-15(19)10-20-24/h4-11,16H,3,12H2,1-2H3,(H,21,25). The molecule has 0 aliphatic heterocycles. The SMILES string of the molecule is CCC(NC(=O)c1ccn(Cn2cc(Br)cn2)n1)c1ccc(C)cc1. The molecule has 0 aliphatic carbocycles. The van der Waals surface area contributed by atoms with Gasteiger partial charge in [-0.3, -0.25) is 9.48 Å². The van der Waals surface area contributed by atoms with Gasteiger partial charge in [0.05, 0.1) is 16.7 Å². The lowest BCUT2D eigenvalue weighted by Gasteiger charge is -2.17. The third-order valence-electron chi connectivity index (χ3n) is 3.96. The van der Waals surface area contributed by atoms with Gasteiger partial charge in [-0.05, 0) is 40.9 Å². The van der Waals surface area contributed by atoms with Crippen molar-refractivity contribution in [1.29, 1.82) is 0 Å². The van der Waals surface area contributed by atoms with E-state index in [-0.39, 0.29) is 11.9 Å². The molecule has 1 aromatic carbocycles. The number of amides is 1. The molecule has 0 bridgehead atoms. The number of hydrogen-bond donors (Lipinski definition) is 1. The van der Waals surface area contributed by atoms with E-state index < -0.39 is 0 Å². The largest absolute Gasteiger partial charge is 0.344 e. The molecule has 1 atom stereocenters. The number of halogens is 1. The van der Waals surface area contributed by atoms with Gasteiger partial charge in [0.2, 0.25) is 0 Å². The molecule has 0 fully saturated rings. The number of rotatable bonds is 6. The van der Waals surface area contributed by atoms with Crippen molar-refractivity contribution in [3.63, 3.8) is 0 Å². The Bertz CT molecular complexity index is 852. The summed E-state index contributed by atoms with van der Waals surface area (Å²) in [5.74, 6) is -0.173. The summed E-state index contributed by atoms with van der Waals surface area (Å²) in [6.45, 7) is 4.56. The highest BCUT2D eigenvalue weighted by Gasteiger charge is 2.16. The van der Waals surface area contributed by atoms with E-state index in [0.717, 1.165) is 16.5 Å². The maximum absolute atomic E-state index is 12.5. The van der Waals surface area contributed by atoms with Gasteiger partial charge in [0, 0.05) is 12.4 Å². The Kier molecular flexibility index (Phi) is 5.33. The first-order chi connectivity index (χ1) is 12.0. The lowest BCUT2D eigenvalue weighted by Crippen LogP contribution is -2.28. The molecule has 7 heteroatoms. The van der Waals surface area contributed by atoms with Crippen LogP contribution >= 0.6 is 15.9 Å². The van der Waals surface area contributed by atoms with E-state index in [2.05, 4.69) is 62.6 Å². The molecule has 1 amide bonds. The van der Waals surface area contributed by atoms with Gasteiger partial charge >= 0.3 is 0 Å². The summed E-state index contributed by atoms with van der Waals surface area (Å²) in [6, 6.07) is 9.91. The summed E-state index contributed by atoms with van der Waals surface area (Å²) in [6.07, 6.45) is 6.16. The number of aryl methyl sites for hydroxylation is 1. The molecular formula is C18H20BrN5O. The van der Waals surface area contributed by atoms with Crippen LogP contribution in [0.3, 0.4) is 0 Å². The zero-order chi connectivity index (χ0) is 17.8. The van der Waals surface area contributed by atoms with Crippen LogP contribution in [0.4, 0.5) is 0 Å². The molecule has 0 saturated heterocycles. The highest BCUT2D eigenvalue weighted by Crippen LogP contribution is 2.17. The van der Waals surface area contributed by atoms with Gasteiger partial charge < -0.3 is 5.32 Å². The summed E-state index contributed by atoms with van der Waals surface area (Å²) in [7, 11) is 0. The van der Waals surface area contributed by atoms with Crippen molar-refractivity contribution in [3.05, 3.63) is 70.2 Å². The van der Waals surface area contributed by atoms with Gasteiger partial charge in [-0.1, -0.05) is 36.8 Å². The highest BCUT2D eigenvalue weighted by molar-refractivity contribution is 9.10. The van der Waals surface area contributed by atoms with Crippen LogP contribution in [0.15, 0.2) is 53.4 Å². The third kappa shape index (κ3) is 4.36. The van der Waals surface area contributed by atoms with Crippen molar-refractivity contribution in [2.24, 2.45) is 0 Å². The van der Waals surface area contributed by atoms with E-state index >= 15 is 0 Å². The van der Waals surface area contributed by atoms with Crippen LogP contribution in [0.5, 0.6) is 0 Å². The predicted octanol–water partition coefficient (Wildman–Crippen LogP) is 3.54. The lowest BCUT2D eigenvalue weighted by atomic mass is 10.0. The topological polar surface area (TPSA) is 64.7 Å². The van der Waals surface area contributed by atoms with E-state index in [4.69, 9.17) is 0 Å². The van der Waals surface area contributed by atoms with Crippen LogP contribution in [-0.2, 0) is 6.67 Å². The average Bonchev–Trinajstić information content (AvgIpc) is 3.23. The Morgan fingerprint density at radius 2 is 2.00 bits per heavy atom. The first-order valence-corrected chi connectivity index (χ1v) is 8.93. The van der Waals surface area contributed by atoms with Gasteiger partial charge in [-0.25, -0.2) is 4.68 Å². The molecule has 3 aromatic rings. The highest BCUT2D eigenvalue weighted by atomic mass is 79.9. The summed E-state index contributed by atoms with van der Waals surface area (Å²) >= 11 is 3.36. The average molecular weight is 402 g/mol. The molecule has 0 spiro atoms. The summed E-state index contributed by atoms with van der Waals surface area (Å²) in [5, 5.41) is 11.6. The fourth-order valence-corrected chi connectivity index (χ4v) is 2.91. The van der Waals surface area contributed by atoms with Gasteiger partial charge in [0.15, 0.2) is 0 Å². The van der Waals surface area contributed by atoms with Crippen molar-refractivity contribution in [2.75, 3.05) is 0 Å². The molecule has 0 radical (unpaired) electrons. The number of benzene rings is 1. The molecule has 25 heavy (non-hydrogen) atoms. The summed E-state index contributed by atoms with van der Waals surface area (Å²) in [5.41, 5.74) is 2.70. The van der Waals surface area contributed by atoms with E-state index in [1.54, 1.807) is 27.8 Å². The smallest absolute Gasteiger partial charge is 0.272 e. The number of aromatic nitrogens is 4. The van der Waals surface area contributed by atoms with Crippen molar-refractivity contribution < 1.29 is 4.79 Å². The first kappa shape index (κ1) is 17.4. The van der Waals surface area contributed by atoms with E-state index in [0.29, 0.717) is 12.4 Å². The normalized spacial score (nSPS) is 12.1. The molecule has 6 nitrogen and oxygen atoms in total. The van der Waals surface area contributed by atoms with Crippen LogP contribution in [-0.4, -0.2) is 25.5 Å². The van der Waals surface area contributed by atoms with Gasteiger partial charge in [0.25, 0.3) is 5.91 Å². The second kappa shape index (κ2) is 7.65. The van der Waals surface area contributed by atoms with Crippen LogP contribution < -0.4 is 5.32 Å². The maximum Gasteiger partial charge on any atom is 0.272 e.